The van der Waals surface area contributed by atoms with Crippen LogP contribution in [0.2, 0.25) is 0 Å². The molecule has 3 aliphatic rings. The van der Waals surface area contributed by atoms with Crippen LogP contribution in [0.5, 0.6) is 0 Å². The first-order valence-electron chi connectivity index (χ1n) is 10.4. The highest BCUT2D eigenvalue weighted by Crippen LogP contribution is 2.32. The molecule has 1 saturated heterocycles. The van der Waals surface area contributed by atoms with Crippen molar-refractivity contribution in [3.8, 4) is 0 Å². The largest absolute Gasteiger partial charge is 0.352 e. The van der Waals surface area contributed by atoms with Crippen molar-refractivity contribution in [2.24, 2.45) is 5.92 Å². The van der Waals surface area contributed by atoms with Crippen molar-refractivity contribution in [3.05, 3.63) is 34.9 Å². The lowest BCUT2D eigenvalue weighted by molar-refractivity contribution is -0.135. The summed E-state index contributed by atoms with van der Waals surface area (Å²) in [5.41, 5.74) is 2.25. The van der Waals surface area contributed by atoms with Gasteiger partial charge in [-0.2, -0.15) is 0 Å². The highest BCUT2D eigenvalue weighted by molar-refractivity contribution is 6.09. The van der Waals surface area contributed by atoms with Crippen LogP contribution in [0.25, 0.3) is 0 Å². The van der Waals surface area contributed by atoms with Gasteiger partial charge in [0.15, 0.2) is 0 Å². The van der Waals surface area contributed by atoms with Gasteiger partial charge in [0.25, 0.3) is 5.91 Å². The van der Waals surface area contributed by atoms with Crippen LogP contribution in [0.15, 0.2) is 18.2 Å². The third kappa shape index (κ3) is 3.40. The van der Waals surface area contributed by atoms with Gasteiger partial charge < -0.3 is 10.6 Å². The number of hydrogen-bond donors (Lipinski definition) is 2. The zero-order chi connectivity index (χ0) is 19.9. The van der Waals surface area contributed by atoms with Gasteiger partial charge in [0.05, 0.1) is 0 Å². The molecule has 150 valence electrons. The molecular formula is C22H29N3O3. The van der Waals surface area contributed by atoms with Crippen LogP contribution < -0.4 is 10.6 Å². The Balaban J connectivity index is 1.44. The molecule has 1 unspecified atom stereocenters. The fraction of sp³-hybridized carbons (Fsp3) is 0.591. The summed E-state index contributed by atoms with van der Waals surface area (Å²) < 4.78 is 0. The average Bonchev–Trinajstić information content (AvgIpc) is 3.22. The minimum Gasteiger partial charge on any atom is -0.352 e. The number of rotatable bonds is 4. The van der Waals surface area contributed by atoms with Gasteiger partial charge in [0.1, 0.15) is 12.1 Å². The Labute approximate surface area is 166 Å². The molecule has 0 radical (unpaired) electrons. The lowest BCUT2D eigenvalue weighted by Crippen LogP contribution is -2.46. The van der Waals surface area contributed by atoms with Gasteiger partial charge in [-0.15, -0.1) is 0 Å². The molecule has 0 aromatic heterocycles. The van der Waals surface area contributed by atoms with E-state index in [2.05, 4.69) is 23.6 Å². The van der Waals surface area contributed by atoms with E-state index in [1.807, 2.05) is 12.1 Å². The van der Waals surface area contributed by atoms with Crippen molar-refractivity contribution in [1.29, 1.82) is 0 Å². The van der Waals surface area contributed by atoms with E-state index in [1.165, 1.54) is 11.1 Å². The number of carbonyl (C=O) groups excluding carboxylic acids is 3. The van der Waals surface area contributed by atoms with Crippen LogP contribution in [0.1, 0.15) is 62.6 Å². The number of nitrogens with one attached hydrogen (secondary N) is 2. The molecule has 28 heavy (non-hydrogen) atoms. The second-order valence-corrected chi connectivity index (χ2v) is 8.81. The summed E-state index contributed by atoms with van der Waals surface area (Å²) in [7, 11) is 0. The standard InChI is InChI=1S/C22H29N3O3/c1-14-6-10-18(11-7-14)23-19(26)13-25-20(27)22(2,24-21(25)28)17-9-8-15-4-3-5-16(15)12-17/h8-9,12,14,18H,3-7,10-11,13H2,1-2H3,(H,23,26)(H,24,28). The number of urea groups is 1. The molecule has 6 nitrogen and oxygen atoms in total. The molecular weight excluding hydrogens is 354 g/mol. The summed E-state index contributed by atoms with van der Waals surface area (Å²) in [6.07, 6.45) is 7.32. The first kappa shape index (κ1) is 19.0. The summed E-state index contributed by atoms with van der Waals surface area (Å²) in [6.45, 7) is 3.73. The van der Waals surface area contributed by atoms with Crippen LogP contribution >= 0.6 is 0 Å². The SMILES string of the molecule is CC1CCC(NC(=O)CN2C(=O)NC(C)(c3ccc4c(c3)CCC4)C2=O)CC1. The molecule has 2 aliphatic carbocycles. The minimum absolute atomic E-state index is 0.146. The molecule has 4 rings (SSSR count). The number of carbonyl (C=O) groups is 3. The first-order valence-corrected chi connectivity index (χ1v) is 10.4. The Morgan fingerprint density at radius 1 is 1.18 bits per heavy atom. The van der Waals surface area contributed by atoms with Gasteiger partial charge in [0.2, 0.25) is 5.91 Å². The van der Waals surface area contributed by atoms with Gasteiger partial charge in [-0.25, -0.2) is 4.79 Å². The summed E-state index contributed by atoms with van der Waals surface area (Å²) in [5, 5.41) is 5.81. The predicted molar refractivity (Wildman–Crippen MR) is 106 cm³/mol. The van der Waals surface area contributed by atoms with Gasteiger partial charge in [-0.1, -0.05) is 25.1 Å². The Bertz CT molecular complexity index is 813. The maximum absolute atomic E-state index is 13.1. The van der Waals surface area contributed by atoms with E-state index in [4.69, 9.17) is 0 Å². The average molecular weight is 383 g/mol. The maximum atomic E-state index is 13.1. The monoisotopic (exact) mass is 383 g/mol. The van der Waals surface area contributed by atoms with Crippen molar-refractivity contribution < 1.29 is 14.4 Å². The molecule has 2 N–H and O–H groups in total. The van der Waals surface area contributed by atoms with Crippen LogP contribution in [0, 0.1) is 5.92 Å². The zero-order valence-electron chi connectivity index (χ0n) is 16.7. The van der Waals surface area contributed by atoms with Gasteiger partial charge >= 0.3 is 6.03 Å². The molecule has 1 atom stereocenters. The molecule has 1 aromatic rings. The number of nitrogens with zero attached hydrogens (tertiary/aromatic N) is 1. The number of hydrogen-bond acceptors (Lipinski definition) is 3. The fourth-order valence-electron chi connectivity index (χ4n) is 4.74. The maximum Gasteiger partial charge on any atom is 0.325 e. The lowest BCUT2D eigenvalue weighted by Gasteiger charge is -2.27. The fourth-order valence-corrected chi connectivity index (χ4v) is 4.74. The summed E-state index contributed by atoms with van der Waals surface area (Å²) in [6, 6.07) is 5.66. The topological polar surface area (TPSA) is 78.5 Å². The Kier molecular flexibility index (Phi) is 4.89. The van der Waals surface area contributed by atoms with E-state index >= 15 is 0 Å². The third-order valence-electron chi connectivity index (χ3n) is 6.63. The summed E-state index contributed by atoms with van der Waals surface area (Å²) >= 11 is 0. The van der Waals surface area contributed by atoms with Crippen molar-refractivity contribution in [2.75, 3.05) is 6.54 Å². The van der Waals surface area contributed by atoms with Crippen LogP contribution in [0.4, 0.5) is 4.79 Å². The number of amides is 4. The predicted octanol–water partition coefficient (Wildman–Crippen LogP) is 2.64. The van der Waals surface area contributed by atoms with Crippen molar-refractivity contribution in [2.45, 2.75) is 70.4 Å². The second-order valence-electron chi connectivity index (χ2n) is 8.81. The highest BCUT2D eigenvalue weighted by atomic mass is 16.2. The van der Waals surface area contributed by atoms with E-state index in [0.717, 1.165) is 55.4 Å². The lowest BCUT2D eigenvalue weighted by atomic mass is 9.87. The second kappa shape index (κ2) is 7.22. The van der Waals surface area contributed by atoms with Gasteiger partial charge in [0, 0.05) is 6.04 Å². The quantitative estimate of drug-likeness (QED) is 0.785. The van der Waals surface area contributed by atoms with E-state index in [-0.39, 0.29) is 24.4 Å². The van der Waals surface area contributed by atoms with E-state index in [9.17, 15) is 14.4 Å². The number of benzene rings is 1. The Hall–Kier alpha value is -2.37. The van der Waals surface area contributed by atoms with Gasteiger partial charge in [-0.3, -0.25) is 14.5 Å². The molecule has 1 saturated carbocycles. The molecule has 0 spiro atoms. The molecule has 1 aromatic carbocycles. The van der Waals surface area contributed by atoms with Gasteiger partial charge in [-0.05, 0) is 74.5 Å². The van der Waals surface area contributed by atoms with Crippen LogP contribution in [-0.2, 0) is 28.0 Å². The molecule has 4 amide bonds. The van der Waals surface area contributed by atoms with Crippen molar-refractivity contribution in [1.82, 2.24) is 15.5 Å². The highest BCUT2D eigenvalue weighted by Gasteiger charge is 2.49. The van der Waals surface area contributed by atoms with Crippen LogP contribution in [-0.4, -0.2) is 35.3 Å². The van der Waals surface area contributed by atoms with E-state index in [1.54, 1.807) is 6.92 Å². The number of imide groups is 1. The van der Waals surface area contributed by atoms with E-state index in [0.29, 0.717) is 5.92 Å². The molecule has 0 bridgehead atoms. The Morgan fingerprint density at radius 3 is 2.64 bits per heavy atom. The first-order chi connectivity index (χ1) is 13.4. The van der Waals surface area contributed by atoms with Crippen molar-refractivity contribution in [3.63, 3.8) is 0 Å². The van der Waals surface area contributed by atoms with Crippen molar-refractivity contribution >= 4 is 17.8 Å². The number of fused-ring (bicyclic) bond motifs is 1. The minimum atomic E-state index is -1.12. The summed E-state index contributed by atoms with van der Waals surface area (Å²) in [5.74, 6) is 0.0799. The molecule has 1 aliphatic heterocycles. The third-order valence-corrected chi connectivity index (χ3v) is 6.63. The molecule has 2 fully saturated rings. The smallest absolute Gasteiger partial charge is 0.325 e. The zero-order valence-corrected chi connectivity index (χ0v) is 16.7. The number of aryl methyl sites for hydroxylation is 2. The van der Waals surface area contributed by atoms with Crippen LogP contribution in [0.3, 0.4) is 0 Å². The Morgan fingerprint density at radius 2 is 1.89 bits per heavy atom. The summed E-state index contributed by atoms with van der Waals surface area (Å²) in [4.78, 5) is 39.1. The van der Waals surface area contributed by atoms with E-state index < -0.39 is 11.6 Å². The molecule has 1 heterocycles. The molecule has 6 heteroatoms. The normalized spacial score (nSPS) is 29.6.